The number of rotatable bonds is 5. The van der Waals surface area contributed by atoms with Gasteiger partial charge < -0.3 is 5.73 Å². The number of carbonyl (C=O) groups excluding carboxylic acids is 1. The lowest BCUT2D eigenvalue weighted by Crippen LogP contribution is -2.13. The van der Waals surface area contributed by atoms with E-state index in [0.717, 1.165) is 0 Å². The van der Waals surface area contributed by atoms with Gasteiger partial charge in [0.05, 0.1) is 9.79 Å². The number of nitrogens with two attached hydrogens (primary N) is 3. The van der Waals surface area contributed by atoms with Crippen LogP contribution in [0.2, 0.25) is 0 Å². The summed E-state index contributed by atoms with van der Waals surface area (Å²) < 4.78 is 46.6. The first-order valence-corrected chi connectivity index (χ1v) is 11.3. The van der Waals surface area contributed by atoms with Crippen LogP contribution in [0.1, 0.15) is 10.4 Å². The van der Waals surface area contributed by atoms with Crippen LogP contribution in [-0.4, -0.2) is 22.7 Å². The van der Waals surface area contributed by atoms with Crippen molar-refractivity contribution in [3.63, 3.8) is 0 Å². The maximum absolute atomic E-state index is 11.9. The molecule has 0 aliphatic heterocycles. The first-order valence-electron chi connectivity index (χ1n) is 8.17. The van der Waals surface area contributed by atoms with Crippen molar-refractivity contribution in [2.24, 2.45) is 16.0 Å². The molecule has 3 aromatic rings. The van der Waals surface area contributed by atoms with Gasteiger partial charge in [-0.2, -0.15) is 0 Å². The van der Waals surface area contributed by atoms with Gasteiger partial charge in [-0.3, -0.25) is 4.79 Å². The molecule has 6 N–H and O–H groups in total. The second-order valence-corrected chi connectivity index (χ2v) is 9.39. The number of carbonyl (C=O) groups is 1. The van der Waals surface area contributed by atoms with E-state index in [4.69, 9.17) is 16.0 Å². The van der Waals surface area contributed by atoms with E-state index in [0.29, 0.717) is 22.3 Å². The van der Waals surface area contributed by atoms with Crippen LogP contribution >= 0.6 is 0 Å². The summed E-state index contributed by atoms with van der Waals surface area (Å²) in [5.41, 5.74) is 7.54. The number of primary amides is 1. The van der Waals surface area contributed by atoms with E-state index in [9.17, 15) is 21.6 Å². The summed E-state index contributed by atoms with van der Waals surface area (Å²) >= 11 is 0. The van der Waals surface area contributed by atoms with Crippen LogP contribution in [0.15, 0.2) is 76.5 Å². The highest BCUT2D eigenvalue weighted by molar-refractivity contribution is 7.89. The highest BCUT2D eigenvalue weighted by Gasteiger charge is 2.16. The minimum Gasteiger partial charge on any atom is -0.366 e. The molecule has 150 valence electrons. The quantitative estimate of drug-likeness (QED) is 0.555. The zero-order valence-electron chi connectivity index (χ0n) is 14.9. The SMILES string of the molecule is NC(=O)c1ccc(-c2cccc(S(N)(=O)=O)c2)cc1-c1cccc(S(N)(=O)=O)c1. The van der Waals surface area contributed by atoms with Crippen LogP contribution in [0.3, 0.4) is 0 Å². The van der Waals surface area contributed by atoms with Crippen molar-refractivity contribution in [3.8, 4) is 22.3 Å². The smallest absolute Gasteiger partial charge is 0.249 e. The van der Waals surface area contributed by atoms with Gasteiger partial charge in [-0.15, -0.1) is 0 Å². The van der Waals surface area contributed by atoms with Crippen LogP contribution in [0.4, 0.5) is 0 Å². The molecule has 0 bridgehead atoms. The summed E-state index contributed by atoms with van der Waals surface area (Å²) in [6.07, 6.45) is 0. The molecular formula is C19H17N3O5S2. The van der Waals surface area contributed by atoms with E-state index in [1.165, 1.54) is 36.4 Å². The molecule has 8 nitrogen and oxygen atoms in total. The molecule has 0 saturated heterocycles. The van der Waals surface area contributed by atoms with E-state index in [1.807, 2.05) is 0 Å². The van der Waals surface area contributed by atoms with E-state index in [2.05, 4.69) is 0 Å². The van der Waals surface area contributed by atoms with Gasteiger partial charge in [0.1, 0.15) is 0 Å². The molecule has 0 atom stereocenters. The Morgan fingerprint density at radius 3 is 1.66 bits per heavy atom. The molecule has 0 saturated carbocycles. The van der Waals surface area contributed by atoms with Crippen molar-refractivity contribution in [3.05, 3.63) is 72.3 Å². The second kappa shape index (κ2) is 7.41. The standard InChI is InChI=1S/C19H17N3O5S2/c20-19(23)17-8-7-13(12-3-1-5-15(9-12)28(21,24)25)11-18(17)14-4-2-6-16(10-14)29(22,26)27/h1-11H,(H2,20,23)(H2,21,24,25)(H2,22,26,27). The van der Waals surface area contributed by atoms with Crippen molar-refractivity contribution in [1.82, 2.24) is 0 Å². The molecule has 0 fully saturated rings. The van der Waals surface area contributed by atoms with Crippen molar-refractivity contribution >= 4 is 26.0 Å². The minimum absolute atomic E-state index is 0.0632. The van der Waals surface area contributed by atoms with Crippen molar-refractivity contribution in [2.75, 3.05) is 0 Å². The Balaban J connectivity index is 2.23. The average Bonchev–Trinajstić information content (AvgIpc) is 2.66. The van der Waals surface area contributed by atoms with Crippen LogP contribution in [-0.2, 0) is 20.0 Å². The van der Waals surface area contributed by atoms with Gasteiger partial charge in [-0.05, 0) is 58.7 Å². The highest BCUT2D eigenvalue weighted by Crippen LogP contribution is 2.31. The Kier molecular flexibility index (Phi) is 5.28. The molecule has 1 amide bonds. The number of benzene rings is 3. The molecule has 0 aliphatic rings. The Bertz CT molecular complexity index is 1330. The molecule has 0 aromatic heterocycles. The lowest BCUT2D eigenvalue weighted by Gasteiger charge is -2.12. The predicted octanol–water partition coefficient (Wildman–Crippen LogP) is 1.41. The third-order valence-electron chi connectivity index (χ3n) is 4.25. The summed E-state index contributed by atoms with van der Waals surface area (Å²) in [6.45, 7) is 0. The average molecular weight is 431 g/mol. The van der Waals surface area contributed by atoms with Gasteiger partial charge >= 0.3 is 0 Å². The monoisotopic (exact) mass is 431 g/mol. The van der Waals surface area contributed by atoms with Crippen molar-refractivity contribution < 1.29 is 21.6 Å². The minimum atomic E-state index is -3.95. The molecule has 0 radical (unpaired) electrons. The van der Waals surface area contributed by atoms with Crippen LogP contribution in [0, 0.1) is 0 Å². The fraction of sp³-hybridized carbons (Fsp3) is 0. The first-order chi connectivity index (χ1) is 13.5. The number of amides is 1. The third-order valence-corrected chi connectivity index (χ3v) is 6.08. The zero-order chi connectivity index (χ0) is 21.4. The van der Waals surface area contributed by atoms with Gasteiger partial charge in [0.2, 0.25) is 26.0 Å². The van der Waals surface area contributed by atoms with Crippen molar-refractivity contribution in [1.29, 1.82) is 0 Å². The Morgan fingerprint density at radius 2 is 1.14 bits per heavy atom. The van der Waals surface area contributed by atoms with Crippen molar-refractivity contribution in [2.45, 2.75) is 9.79 Å². The van der Waals surface area contributed by atoms with Gasteiger partial charge in [-0.25, -0.2) is 27.1 Å². The third kappa shape index (κ3) is 4.51. The largest absolute Gasteiger partial charge is 0.366 e. The van der Waals surface area contributed by atoms with E-state index in [1.54, 1.807) is 30.3 Å². The van der Waals surface area contributed by atoms with Gasteiger partial charge in [0, 0.05) is 5.56 Å². The summed E-state index contributed by atoms with van der Waals surface area (Å²) in [5, 5.41) is 10.4. The maximum atomic E-state index is 11.9. The molecule has 0 aliphatic carbocycles. The first kappa shape index (κ1) is 20.7. The van der Waals surface area contributed by atoms with Crippen LogP contribution < -0.4 is 16.0 Å². The molecule has 10 heteroatoms. The second-order valence-electron chi connectivity index (χ2n) is 6.27. The van der Waals surface area contributed by atoms with Crippen LogP contribution in [0.5, 0.6) is 0 Å². The Labute approximate surface area is 168 Å². The summed E-state index contributed by atoms with van der Waals surface area (Å²) in [4.78, 5) is 11.7. The number of hydrogen-bond acceptors (Lipinski definition) is 5. The van der Waals surface area contributed by atoms with E-state index >= 15 is 0 Å². The lowest BCUT2D eigenvalue weighted by atomic mass is 9.94. The zero-order valence-corrected chi connectivity index (χ0v) is 16.6. The maximum Gasteiger partial charge on any atom is 0.249 e. The molecule has 3 aromatic carbocycles. The number of hydrogen-bond donors (Lipinski definition) is 3. The molecule has 0 heterocycles. The Hall–Kier alpha value is -3.05. The summed E-state index contributed by atoms with van der Waals surface area (Å²) in [6, 6.07) is 16.5. The normalized spacial score (nSPS) is 11.9. The molecule has 29 heavy (non-hydrogen) atoms. The number of primary sulfonamides is 2. The molecular weight excluding hydrogens is 414 g/mol. The summed E-state index contributed by atoms with van der Waals surface area (Å²) in [5.74, 6) is -0.703. The van der Waals surface area contributed by atoms with Gasteiger partial charge in [0.15, 0.2) is 0 Å². The fourth-order valence-corrected chi connectivity index (χ4v) is 3.99. The summed E-state index contributed by atoms with van der Waals surface area (Å²) in [7, 11) is -7.84. The fourth-order valence-electron chi connectivity index (χ4n) is 2.87. The molecule has 3 rings (SSSR count). The molecule has 0 unspecified atom stereocenters. The van der Waals surface area contributed by atoms with Crippen LogP contribution in [0.25, 0.3) is 22.3 Å². The Morgan fingerprint density at radius 1 is 0.655 bits per heavy atom. The van der Waals surface area contributed by atoms with E-state index < -0.39 is 26.0 Å². The highest BCUT2D eigenvalue weighted by atomic mass is 32.2. The topological polar surface area (TPSA) is 163 Å². The predicted molar refractivity (Wildman–Crippen MR) is 109 cm³/mol. The number of sulfonamides is 2. The van der Waals surface area contributed by atoms with E-state index in [-0.39, 0.29) is 15.4 Å². The van der Waals surface area contributed by atoms with Gasteiger partial charge in [0.25, 0.3) is 0 Å². The van der Waals surface area contributed by atoms with Gasteiger partial charge in [-0.1, -0.05) is 30.3 Å². The molecule has 0 spiro atoms. The lowest BCUT2D eigenvalue weighted by molar-refractivity contribution is 0.100.